The minimum Gasteiger partial charge on any atom is -0.459 e. The summed E-state index contributed by atoms with van der Waals surface area (Å²) in [7, 11) is 0. The molecule has 3 heteroatoms. The monoisotopic (exact) mass is 210 g/mol. The second kappa shape index (κ2) is 2.97. The molecule has 2 bridgehead atoms. The molecule has 84 valence electrons. The van der Waals surface area contributed by atoms with Gasteiger partial charge in [0.05, 0.1) is 5.60 Å². The first-order valence-electron chi connectivity index (χ1n) is 6.08. The van der Waals surface area contributed by atoms with Crippen LogP contribution in [0.15, 0.2) is 0 Å². The summed E-state index contributed by atoms with van der Waals surface area (Å²) in [5, 5.41) is 0. The smallest absolute Gasteiger partial charge is 0.306 e. The van der Waals surface area contributed by atoms with Gasteiger partial charge in [-0.3, -0.25) is 4.79 Å². The quantitative estimate of drug-likeness (QED) is 0.622. The lowest BCUT2D eigenvalue weighted by Gasteiger charge is -2.29. The maximum absolute atomic E-state index is 11.4. The topological polar surface area (TPSA) is 35.5 Å². The fourth-order valence-electron chi connectivity index (χ4n) is 3.50. The third kappa shape index (κ3) is 1.25. The molecule has 3 saturated heterocycles. The number of hydrogen-bond acceptors (Lipinski definition) is 3. The van der Waals surface area contributed by atoms with Crippen molar-refractivity contribution in [3.8, 4) is 0 Å². The highest BCUT2D eigenvalue weighted by Crippen LogP contribution is 2.56. The van der Waals surface area contributed by atoms with Crippen molar-refractivity contribution < 1.29 is 14.3 Å². The van der Waals surface area contributed by atoms with E-state index in [4.69, 9.17) is 9.47 Å². The van der Waals surface area contributed by atoms with Crippen molar-refractivity contribution in [2.24, 2.45) is 0 Å². The van der Waals surface area contributed by atoms with Gasteiger partial charge in [-0.25, -0.2) is 0 Å². The Morgan fingerprint density at radius 3 is 3.07 bits per heavy atom. The van der Waals surface area contributed by atoms with E-state index < -0.39 is 0 Å². The zero-order valence-corrected chi connectivity index (χ0v) is 9.25. The van der Waals surface area contributed by atoms with E-state index in [0.717, 1.165) is 38.5 Å². The minimum absolute atomic E-state index is 0.0284. The van der Waals surface area contributed by atoms with Gasteiger partial charge in [-0.15, -0.1) is 0 Å². The van der Waals surface area contributed by atoms with E-state index in [1.165, 1.54) is 0 Å². The lowest BCUT2D eigenvalue weighted by atomic mass is 9.77. The van der Waals surface area contributed by atoms with Crippen LogP contribution in [0, 0.1) is 0 Å². The molecule has 0 aromatic rings. The largest absolute Gasteiger partial charge is 0.459 e. The number of esters is 1. The summed E-state index contributed by atoms with van der Waals surface area (Å²) in [6, 6.07) is 0. The van der Waals surface area contributed by atoms with Gasteiger partial charge in [-0.2, -0.15) is 0 Å². The normalized spacial score (nSPS) is 48.6. The molecule has 0 amide bonds. The predicted octanol–water partition coefficient (Wildman–Crippen LogP) is 2.18. The molecule has 3 atom stereocenters. The van der Waals surface area contributed by atoms with Gasteiger partial charge in [-0.1, -0.05) is 6.92 Å². The molecule has 0 aromatic carbocycles. The molecule has 3 fully saturated rings. The van der Waals surface area contributed by atoms with Crippen LogP contribution >= 0.6 is 0 Å². The van der Waals surface area contributed by atoms with E-state index >= 15 is 0 Å². The molecule has 3 rings (SSSR count). The predicted molar refractivity (Wildman–Crippen MR) is 54.4 cm³/mol. The van der Waals surface area contributed by atoms with Crippen LogP contribution in [-0.2, 0) is 14.3 Å². The number of ether oxygens (including phenoxy) is 2. The lowest BCUT2D eigenvalue weighted by Crippen LogP contribution is -2.39. The first-order chi connectivity index (χ1) is 7.18. The molecule has 3 nitrogen and oxygen atoms in total. The van der Waals surface area contributed by atoms with Crippen molar-refractivity contribution in [3.63, 3.8) is 0 Å². The van der Waals surface area contributed by atoms with Gasteiger partial charge in [-0.05, 0) is 32.1 Å². The molecule has 3 aliphatic rings. The number of fused-ring (bicyclic) bond motifs is 1. The van der Waals surface area contributed by atoms with Crippen LogP contribution in [0.4, 0.5) is 0 Å². The van der Waals surface area contributed by atoms with Crippen molar-refractivity contribution in [3.05, 3.63) is 0 Å². The summed E-state index contributed by atoms with van der Waals surface area (Å²) < 4.78 is 11.8. The van der Waals surface area contributed by atoms with Gasteiger partial charge < -0.3 is 9.47 Å². The standard InChI is InChI=1S/C12H18O3/c1-2-11-6-7-12(15-11)5-3-4-10(13)14-9(12)8-11/h9H,2-8H2,1H3/t9-,11-,12+/m0/s1. The summed E-state index contributed by atoms with van der Waals surface area (Å²) in [4.78, 5) is 11.4. The SMILES string of the molecule is CC[C@]12CC[C@@]3(CCCC(=O)O[C@H]3C1)O2. The number of hydrogen-bond donors (Lipinski definition) is 0. The maximum atomic E-state index is 11.4. The average molecular weight is 210 g/mol. The zero-order valence-electron chi connectivity index (χ0n) is 9.25. The van der Waals surface area contributed by atoms with Gasteiger partial charge >= 0.3 is 5.97 Å². The summed E-state index contributed by atoms with van der Waals surface area (Å²) >= 11 is 0. The van der Waals surface area contributed by atoms with Crippen LogP contribution < -0.4 is 0 Å². The highest BCUT2D eigenvalue weighted by Gasteiger charge is 2.62. The van der Waals surface area contributed by atoms with Crippen LogP contribution in [0.25, 0.3) is 0 Å². The van der Waals surface area contributed by atoms with E-state index in [1.807, 2.05) is 0 Å². The van der Waals surface area contributed by atoms with E-state index in [2.05, 4.69) is 6.92 Å². The molecular weight excluding hydrogens is 192 g/mol. The lowest BCUT2D eigenvalue weighted by molar-refractivity contribution is -0.154. The molecule has 3 heterocycles. The van der Waals surface area contributed by atoms with Gasteiger partial charge in [0.25, 0.3) is 0 Å². The molecule has 0 N–H and O–H groups in total. The Kier molecular flexibility index (Phi) is 1.91. The van der Waals surface area contributed by atoms with Gasteiger partial charge in [0, 0.05) is 12.8 Å². The van der Waals surface area contributed by atoms with Crippen LogP contribution in [0.5, 0.6) is 0 Å². The number of carbonyl (C=O) groups is 1. The van der Waals surface area contributed by atoms with Crippen molar-refractivity contribution in [1.29, 1.82) is 0 Å². The number of carbonyl (C=O) groups excluding carboxylic acids is 1. The minimum atomic E-state index is -0.109. The van der Waals surface area contributed by atoms with Crippen molar-refractivity contribution in [2.45, 2.75) is 69.2 Å². The van der Waals surface area contributed by atoms with E-state index in [9.17, 15) is 4.79 Å². The third-order valence-electron chi connectivity index (χ3n) is 4.47. The van der Waals surface area contributed by atoms with Crippen LogP contribution in [0.3, 0.4) is 0 Å². The molecule has 0 saturated carbocycles. The first kappa shape index (κ1) is 9.64. The summed E-state index contributed by atoms with van der Waals surface area (Å²) in [5.41, 5.74) is -0.0789. The second-order valence-corrected chi connectivity index (χ2v) is 5.24. The Morgan fingerprint density at radius 2 is 2.27 bits per heavy atom. The first-order valence-corrected chi connectivity index (χ1v) is 6.08. The van der Waals surface area contributed by atoms with Gasteiger partial charge in [0.1, 0.15) is 11.7 Å². The third-order valence-corrected chi connectivity index (χ3v) is 4.47. The molecule has 0 aromatic heterocycles. The van der Waals surface area contributed by atoms with Crippen molar-refractivity contribution in [2.75, 3.05) is 0 Å². The Labute approximate surface area is 90.1 Å². The second-order valence-electron chi connectivity index (χ2n) is 5.24. The molecule has 0 radical (unpaired) electrons. The van der Waals surface area contributed by atoms with Crippen LogP contribution in [0.1, 0.15) is 51.9 Å². The van der Waals surface area contributed by atoms with E-state index in [1.54, 1.807) is 0 Å². The molecular formula is C12H18O3. The Morgan fingerprint density at radius 1 is 1.40 bits per heavy atom. The van der Waals surface area contributed by atoms with Crippen molar-refractivity contribution >= 4 is 5.97 Å². The number of rotatable bonds is 1. The van der Waals surface area contributed by atoms with Gasteiger partial charge in [0.2, 0.25) is 0 Å². The summed E-state index contributed by atoms with van der Waals surface area (Å²) in [5.74, 6) is -0.0284. The maximum Gasteiger partial charge on any atom is 0.306 e. The highest BCUT2D eigenvalue weighted by atomic mass is 16.6. The zero-order chi connectivity index (χ0) is 10.5. The summed E-state index contributed by atoms with van der Waals surface area (Å²) in [6.45, 7) is 2.17. The van der Waals surface area contributed by atoms with E-state index in [0.29, 0.717) is 6.42 Å². The molecule has 3 aliphatic heterocycles. The molecule has 1 spiro atoms. The molecule has 15 heavy (non-hydrogen) atoms. The molecule has 0 unspecified atom stereocenters. The Bertz CT molecular complexity index is 301. The summed E-state index contributed by atoms with van der Waals surface area (Å²) in [6.07, 6.45) is 6.75. The van der Waals surface area contributed by atoms with Gasteiger partial charge in [0.15, 0.2) is 0 Å². The molecule has 0 aliphatic carbocycles. The fraction of sp³-hybridized carbons (Fsp3) is 0.917. The Hall–Kier alpha value is -0.570. The van der Waals surface area contributed by atoms with Crippen LogP contribution in [0.2, 0.25) is 0 Å². The highest BCUT2D eigenvalue weighted by molar-refractivity contribution is 5.70. The fourth-order valence-corrected chi connectivity index (χ4v) is 3.50. The Balaban J connectivity index is 1.89. The average Bonchev–Trinajstić information content (AvgIpc) is 2.67. The van der Waals surface area contributed by atoms with Crippen LogP contribution in [-0.4, -0.2) is 23.3 Å². The van der Waals surface area contributed by atoms with E-state index in [-0.39, 0.29) is 23.3 Å². The van der Waals surface area contributed by atoms with Crippen molar-refractivity contribution in [1.82, 2.24) is 0 Å².